The third-order valence-corrected chi connectivity index (χ3v) is 5.52. The SMILES string of the molecule is O=C(NC(c1ccccc1)c1ccccc1)c1ccc2cc(OCc3ccccc3)oc2c1. The molecule has 162 valence electrons. The number of carbonyl (C=O) groups excluding carboxylic acids is 1. The van der Waals surface area contributed by atoms with E-state index in [4.69, 9.17) is 9.15 Å². The molecule has 0 fully saturated rings. The van der Waals surface area contributed by atoms with E-state index in [1.54, 1.807) is 12.1 Å². The third-order valence-electron chi connectivity index (χ3n) is 5.52. The van der Waals surface area contributed by atoms with Gasteiger partial charge in [-0.25, -0.2) is 0 Å². The highest BCUT2D eigenvalue weighted by atomic mass is 16.6. The quantitative estimate of drug-likeness (QED) is 0.317. The Bertz CT molecular complexity index is 1310. The van der Waals surface area contributed by atoms with Crippen LogP contribution in [-0.4, -0.2) is 5.91 Å². The molecule has 0 aliphatic carbocycles. The summed E-state index contributed by atoms with van der Waals surface area (Å²) in [4.78, 5) is 13.2. The molecule has 1 aromatic heterocycles. The standard InChI is InChI=1S/C29H23NO3/c31-29(30-28(22-12-6-2-7-13-22)23-14-8-3-9-15-23)25-17-16-24-19-27(33-26(24)18-25)32-20-21-10-4-1-5-11-21/h1-19,28H,20H2,(H,30,31). The first kappa shape index (κ1) is 20.6. The van der Waals surface area contributed by atoms with Gasteiger partial charge < -0.3 is 14.5 Å². The average Bonchev–Trinajstić information content (AvgIpc) is 3.30. The molecule has 5 rings (SSSR count). The van der Waals surface area contributed by atoms with Gasteiger partial charge in [0.25, 0.3) is 11.9 Å². The van der Waals surface area contributed by atoms with E-state index in [-0.39, 0.29) is 11.9 Å². The van der Waals surface area contributed by atoms with Gasteiger partial charge in [-0.1, -0.05) is 97.1 Å². The van der Waals surface area contributed by atoms with E-state index in [1.807, 2.05) is 103 Å². The second-order valence-electron chi connectivity index (χ2n) is 7.82. The lowest BCUT2D eigenvalue weighted by Gasteiger charge is -2.20. The first-order chi connectivity index (χ1) is 16.3. The molecule has 1 heterocycles. The van der Waals surface area contributed by atoms with Gasteiger partial charge in [-0.3, -0.25) is 4.79 Å². The molecule has 0 radical (unpaired) electrons. The van der Waals surface area contributed by atoms with Gasteiger partial charge in [0.1, 0.15) is 12.2 Å². The molecular formula is C29H23NO3. The largest absolute Gasteiger partial charge is 0.460 e. The lowest BCUT2D eigenvalue weighted by Crippen LogP contribution is -2.29. The Morgan fingerprint density at radius 2 is 1.36 bits per heavy atom. The Morgan fingerprint density at radius 3 is 2.00 bits per heavy atom. The molecule has 0 aliphatic heterocycles. The van der Waals surface area contributed by atoms with E-state index in [9.17, 15) is 4.79 Å². The van der Waals surface area contributed by atoms with Crippen molar-refractivity contribution in [2.24, 2.45) is 0 Å². The van der Waals surface area contributed by atoms with E-state index in [1.165, 1.54) is 0 Å². The van der Waals surface area contributed by atoms with E-state index in [0.717, 1.165) is 22.1 Å². The van der Waals surface area contributed by atoms with Crippen molar-refractivity contribution in [2.75, 3.05) is 0 Å². The van der Waals surface area contributed by atoms with Crippen LogP contribution in [0.1, 0.15) is 33.1 Å². The molecule has 33 heavy (non-hydrogen) atoms. The van der Waals surface area contributed by atoms with Crippen LogP contribution in [0.25, 0.3) is 11.0 Å². The fourth-order valence-electron chi connectivity index (χ4n) is 3.81. The molecule has 0 bridgehead atoms. The smallest absolute Gasteiger partial charge is 0.285 e. The number of carbonyl (C=O) groups is 1. The fraction of sp³-hybridized carbons (Fsp3) is 0.0690. The summed E-state index contributed by atoms with van der Waals surface area (Å²) in [5, 5.41) is 4.06. The maximum atomic E-state index is 13.2. The molecule has 0 saturated heterocycles. The van der Waals surface area contributed by atoms with Crippen LogP contribution in [0.3, 0.4) is 0 Å². The molecule has 1 N–H and O–H groups in total. The Kier molecular flexibility index (Phi) is 5.89. The molecule has 5 aromatic rings. The zero-order valence-electron chi connectivity index (χ0n) is 18.0. The third kappa shape index (κ3) is 4.80. The number of benzene rings is 4. The number of ether oxygens (including phenoxy) is 1. The number of rotatable bonds is 7. The molecule has 1 amide bonds. The highest BCUT2D eigenvalue weighted by Crippen LogP contribution is 2.27. The number of hydrogen-bond acceptors (Lipinski definition) is 3. The van der Waals surface area contributed by atoms with E-state index in [2.05, 4.69) is 5.32 Å². The van der Waals surface area contributed by atoms with Gasteiger partial charge in [0.15, 0.2) is 0 Å². The Balaban J connectivity index is 1.36. The Hall–Kier alpha value is -4.31. The van der Waals surface area contributed by atoms with Crippen LogP contribution in [0.15, 0.2) is 120 Å². The fourth-order valence-corrected chi connectivity index (χ4v) is 3.81. The number of fused-ring (bicyclic) bond motifs is 1. The normalized spacial score (nSPS) is 10.9. The van der Waals surface area contributed by atoms with E-state index >= 15 is 0 Å². The summed E-state index contributed by atoms with van der Waals surface area (Å²) in [5.74, 6) is 0.260. The minimum atomic E-state index is -0.253. The van der Waals surface area contributed by atoms with Gasteiger partial charge in [0.2, 0.25) is 0 Å². The number of nitrogens with one attached hydrogen (secondary N) is 1. The van der Waals surface area contributed by atoms with Crippen molar-refractivity contribution in [3.63, 3.8) is 0 Å². The van der Waals surface area contributed by atoms with Gasteiger partial charge in [-0.05, 0) is 28.8 Å². The van der Waals surface area contributed by atoms with Crippen LogP contribution in [0.4, 0.5) is 0 Å². The molecule has 4 aromatic carbocycles. The number of amides is 1. The van der Waals surface area contributed by atoms with Crippen molar-refractivity contribution in [1.82, 2.24) is 5.32 Å². The minimum absolute atomic E-state index is 0.169. The van der Waals surface area contributed by atoms with Crippen LogP contribution >= 0.6 is 0 Å². The predicted molar refractivity (Wildman–Crippen MR) is 129 cm³/mol. The monoisotopic (exact) mass is 433 g/mol. The lowest BCUT2D eigenvalue weighted by molar-refractivity contribution is 0.0943. The van der Waals surface area contributed by atoms with Gasteiger partial charge >= 0.3 is 0 Å². The molecular weight excluding hydrogens is 410 g/mol. The summed E-state index contributed by atoms with van der Waals surface area (Å²) in [6.07, 6.45) is 0. The summed E-state index contributed by atoms with van der Waals surface area (Å²) >= 11 is 0. The van der Waals surface area contributed by atoms with Crippen LogP contribution < -0.4 is 10.1 Å². The molecule has 0 atom stereocenters. The van der Waals surface area contributed by atoms with Crippen LogP contribution in [0, 0.1) is 0 Å². The van der Waals surface area contributed by atoms with Crippen molar-refractivity contribution in [3.8, 4) is 5.95 Å². The minimum Gasteiger partial charge on any atom is -0.460 e. The van der Waals surface area contributed by atoms with Crippen molar-refractivity contribution in [2.45, 2.75) is 12.6 Å². The molecule has 0 spiro atoms. The van der Waals surface area contributed by atoms with E-state index in [0.29, 0.717) is 23.7 Å². The highest BCUT2D eigenvalue weighted by Gasteiger charge is 2.18. The second kappa shape index (κ2) is 9.45. The molecule has 0 unspecified atom stereocenters. The predicted octanol–water partition coefficient (Wildman–Crippen LogP) is 6.53. The van der Waals surface area contributed by atoms with Crippen molar-refractivity contribution in [1.29, 1.82) is 0 Å². The second-order valence-corrected chi connectivity index (χ2v) is 7.82. The first-order valence-corrected chi connectivity index (χ1v) is 10.9. The topological polar surface area (TPSA) is 51.5 Å². The summed E-state index contributed by atoms with van der Waals surface area (Å²) in [5.41, 5.74) is 4.25. The average molecular weight is 434 g/mol. The van der Waals surface area contributed by atoms with Gasteiger partial charge in [0.05, 0.1) is 6.04 Å². The maximum absolute atomic E-state index is 13.2. The zero-order valence-corrected chi connectivity index (χ0v) is 18.0. The van der Waals surface area contributed by atoms with Gasteiger partial charge in [-0.2, -0.15) is 0 Å². The van der Waals surface area contributed by atoms with Crippen molar-refractivity contribution >= 4 is 16.9 Å². The number of furan rings is 1. The summed E-state index contributed by atoms with van der Waals surface area (Å²) in [7, 11) is 0. The van der Waals surface area contributed by atoms with Crippen LogP contribution in [0.5, 0.6) is 5.95 Å². The van der Waals surface area contributed by atoms with Crippen LogP contribution in [0.2, 0.25) is 0 Å². The number of hydrogen-bond donors (Lipinski definition) is 1. The maximum Gasteiger partial charge on any atom is 0.285 e. The Labute approximate surface area is 192 Å². The summed E-state index contributed by atoms with van der Waals surface area (Å²) < 4.78 is 11.6. The van der Waals surface area contributed by atoms with Crippen LogP contribution in [-0.2, 0) is 6.61 Å². The van der Waals surface area contributed by atoms with Gasteiger partial charge in [-0.15, -0.1) is 0 Å². The molecule has 4 nitrogen and oxygen atoms in total. The molecule has 0 saturated carbocycles. The zero-order chi connectivity index (χ0) is 22.5. The molecule has 4 heteroatoms. The lowest BCUT2D eigenvalue weighted by atomic mass is 9.98. The Morgan fingerprint density at radius 1 is 0.758 bits per heavy atom. The summed E-state index contributed by atoms with van der Waals surface area (Å²) in [6.45, 7) is 0.420. The van der Waals surface area contributed by atoms with Crippen molar-refractivity contribution < 1.29 is 13.9 Å². The van der Waals surface area contributed by atoms with E-state index < -0.39 is 0 Å². The highest BCUT2D eigenvalue weighted by molar-refractivity contribution is 5.98. The van der Waals surface area contributed by atoms with Crippen molar-refractivity contribution in [3.05, 3.63) is 138 Å². The first-order valence-electron chi connectivity index (χ1n) is 10.9. The summed E-state index contributed by atoms with van der Waals surface area (Å²) in [6, 6.07) is 36.9. The van der Waals surface area contributed by atoms with Gasteiger partial charge in [0, 0.05) is 17.0 Å². The molecule has 0 aliphatic rings.